The summed E-state index contributed by atoms with van der Waals surface area (Å²) < 4.78 is 7.76. The van der Waals surface area contributed by atoms with E-state index in [0.29, 0.717) is 29.6 Å². The van der Waals surface area contributed by atoms with Crippen molar-refractivity contribution in [3.05, 3.63) is 77.5 Å². The lowest BCUT2D eigenvalue weighted by molar-refractivity contribution is 0.437. The minimum atomic E-state index is 0.457. The number of nitriles is 1. The summed E-state index contributed by atoms with van der Waals surface area (Å²) >= 11 is 0. The fraction of sp³-hybridized carbons (Fsp3) is 0.105. The van der Waals surface area contributed by atoms with Crippen LogP contribution in [0.3, 0.4) is 0 Å². The Hall–Kier alpha value is -3.19. The van der Waals surface area contributed by atoms with E-state index in [9.17, 15) is 5.26 Å². The first-order chi connectivity index (χ1) is 11.2. The van der Waals surface area contributed by atoms with Gasteiger partial charge in [-0.15, -0.1) is 0 Å². The SMILES string of the molecule is Cc1cccc(Oc2c(N)cc(C#N)n2Cc2ccccc2)c1. The van der Waals surface area contributed by atoms with Crippen molar-refractivity contribution in [3.8, 4) is 17.7 Å². The molecule has 0 aliphatic rings. The van der Waals surface area contributed by atoms with Crippen molar-refractivity contribution < 1.29 is 4.74 Å². The average molecular weight is 303 g/mol. The second kappa shape index (κ2) is 6.29. The zero-order valence-corrected chi connectivity index (χ0v) is 12.9. The number of rotatable bonds is 4. The van der Waals surface area contributed by atoms with Gasteiger partial charge in [-0.3, -0.25) is 4.57 Å². The largest absolute Gasteiger partial charge is 0.439 e. The number of nitrogens with two attached hydrogens (primary N) is 1. The molecule has 0 atom stereocenters. The fourth-order valence-electron chi connectivity index (χ4n) is 2.47. The van der Waals surface area contributed by atoms with E-state index in [1.54, 1.807) is 10.6 Å². The van der Waals surface area contributed by atoms with Crippen LogP contribution < -0.4 is 10.5 Å². The summed E-state index contributed by atoms with van der Waals surface area (Å²) in [6.45, 7) is 2.53. The van der Waals surface area contributed by atoms with Gasteiger partial charge < -0.3 is 10.5 Å². The first-order valence-corrected chi connectivity index (χ1v) is 7.35. The molecule has 0 bridgehead atoms. The van der Waals surface area contributed by atoms with Crippen LogP contribution in [-0.2, 0) is 6.54 Å². The van der Waals surface area contributed by atoms with Crippen molar-refractivity contribution >= 4 is 5.69 Å². The number of aryl methyl sites for hydroxylation is 1. The van der Waals surface area contributed by atoms with E-state index in [4.69, 9.17) is 10.5 Å². The highest BCUT2D eigenvalue weighted by atomic mass is 16.5. The number of nitrogens with zero attached hydrogens (tertiary/aromatic N) is 2. The minimum absolute atomic E-state index is 0.457. The summed E-state index contributed by atoms with van der Waals surface area (Å²) in [6, 6.07) is 21.5. The van der Waals surface area contributed by atoms with Gasteiger partial charge in [-0.05, 0) is 30.2 Å². The van der Waals surface area contributed by atoms with Gasteiger partial charge in [0.1, 0.15) is 17.5 Å². The van der Waals surface area contributed by atoms with Gasteiger partial charge in [-0.25, -0.2) is 0 Å². The molecule has 3 aromatic rings. The lowest BCUT2D eigenvalue weighted by atomic mass is 10.2. The average Bonchev–Trinajstić information content (AvgIpc) is 2.84. The van der Waals surface area contributed by atoms with Crippen LogP contribution in [0.15, 0.2) is 60.7 Å². The molecule has 0 radical (unpaired) electrons. The van der Waals surface area contributed by atoms with Gasteiger partial charge >= 0.3 is 0 Å². The number of anilines is 1. The minimum Gasteiger partial charge on any atom is -0.439 e. The Balaban J connectivity index is 1.99. The summed E-state index contributed by atoms with van der Waals surface area (Å²) in [4.78, 5) is 0. The molecular weight excluding hydrogens is 286 g/mol. The number of hydrogen-bond acceptors (Lipinski definition) is 3. The Labute approximate surface area is 135 Å². The predicted molar refractivity (Wildman–Crippen MR) is 90.4 cm³/mol. The van der Waals surface area contributed by atoms with E-state index in [0.717, 1.165) is 11.1 Å². The second-order valence-electron chi connectivity index (χ2n) is 5.39. The first-order valence-electron chi connectivity index (χ1n) is 7.35. The standard InChI is InChI=1S/C19H17N3O/c1-14-6-5-9-17(10-14)23-19-18(21)11-16(12-20)22(19)13-15-7-3-2-4-8-15/h2-11H,13,21H2,1H3. The molecule has 0 fully saturated rings. The van der Waals surface area contributed by atoms with E-state index < -0.39 is 0 Å². The molecule has 0 saturated heterocycles. The highest BCUT2D eigenvalue weighted by molar-refractivity contribution is 5.56. The highest BCUT2D eigenvalue weighted by Gasteiger charge is 2.15. The fourth-order valence-corrected chi connectivity index (χ4v) is 2.47. The summed E-state index contributed by atoms with van der Waals surface area (Å²) in [6.07, 6.45) is 0. The predicted octanol–water partition coefficient (Wildman–Crippen LogP) is 4.09. The Kier molecular flexibility index (Phi) is 4.03. The van der Waals surface area contributed by atoms with E-state index in [1.165, 1.54) is 0 Å². The third-order valence-corrected chi connectivity index (χ3v) is 3.58. The van der Waals surface area contributed by atoms with Gasteiger partial charge in [-0.2, -0.15) is 5.26 Å². The Morgan fingerprint density at radius 1 is 1.09 bits per heavy atom. The molecule has 3 rings (SSSR count). The smallest absolute Gasteiger partial charge is 0.224 e. The van der Waals surface area contributed by atoms with Gasteiger partial charge in [0.15, 0.2) is 0 Å². The van der Waals surface area contributed by atoms with E-state index >= 15 is 0 Å². The molecule has 0 spiro atoms. The van der Waals surface area contributed by atoms with Crippen LogP contribution in [0.2, 0.25) is 0 Å². The molecule has 4 heteroatoms. The topological polar surface area (TPSA) is 64.0 Å². The summed E-state index contributed by atoms with van der Waals surface area (Å²) in [7, 11) is 0. The number of ether oxygens (including phenoxy) is 1. The van der Waals surface area contributed by atoms with E-state index in [1.807, 2.05) is 61.5 Å². The maximum Gasteiger partial charge on any atom is 0.224 e. The van der Waals surface area contributed by atoms with E-state index in [-0.39, 0.29) is 0 Å². The first kappa shape index (κ1) is 14.7. The lowest BCUT2D eigenvalue weighted by Gasteiger charge is -2.13. The summed E-state index contributed by atoms with van der Waals surface area (Å²) in [5, 5.41) is 9.36. The molecule has 23 heavy (non-hydrogen) atoms. The van der Waals surface area contributed by atoms with Crippen LogP contribution in [0.5, 0.6) is 11.6 Å². The molecule has 0 aliphatic carbocycles. The van der Waals surface area contributed by atoms with Crippen molar-refractivity contribution in [1.82, 2.24) is 4.57 Å². The molecule has 0 saturated carbocycles. The Morgan fingerprint density at radius 3 is 2.57 bits per heavy atom. The second-order valence-corrected chi connectivity index (χ2v) is 5.39. The number of benzene rings is 2. The van der Waals surface area contributed by atoms with Crippen molar-refractivity contribution in [1.29, 1.82) is 5.26 Å². The van der Waals surface area contributed by atoms with Gasteiger partial charge in [0.05, 0.1) is 12.2 Å². The molecule has 1 heterocycles. The number of nitrogen functional groups attached to an aromatic ring is 1. The van der Waals surface area contributed by atoms with Crippen molar-refractivity contribution in [2.75, 3.05) is 5.73 Å². The van der Waals surface area contributed by atoms with Crippen LogP contribution in [-0.4, -0.2) is 4.57 Å². The molecule has 0 amide bonds. The van der Waals surface area contributed by atoms with Crippen molar-refractivity contribution in [2.24, 2.45) is 0 Å². The lowest BCUT2D eigenvalue weighted by Crippen LogP contribution is -2.05. The normalized spacial score (nSPS) is 10.3. The monoisotopic (exact) mass is 303 g/mol. The van der Waals surface area contributed by atoms with Gasteiger partial charge in [0.25, 0.3) is 0 Å². The van der Waals surface area contributed by atoms with Crippen molar-refractivity contribution in [2.45, 2.75) is 13.5 Å². The molecule has 114 valence electrons. The third kappa shape index (κ3) is 3.19. The molecular formula is C19H17N3O. The quantitative estimate of drug-likeness (QED) is 0.789. The summed E-state index contributed by atoms with van der Waals surface area (Å²) in [5.41, 5.74) is 9.18. The zero-order chi connectivity index (χ0) is 16.2. The van der Waals surface area contributed by atoms with Crippen LogP contribution in [0, 0.1) is 18.3 Å². The molecule has 2 N–H and O–H groups in total. The van der Waals surface area contributed by atoms with Crippen LogP contribution >= 0.6 is 0 Å². The van der Waals surface area contributed by atoms with Gasteiger partial charge in [-0.1, -0.05) is 42.5 Å². The van der Waals surface area contributed by atoms with Crippen LogP contribution in [0.25, 0.3) is 0 Å². The van der Waals surface area contributed by atoms with Crippen molar-refractivity contribution in [3.63, 3.8) is 0 Å². The Bertz CT molecular complexity index is 860. The molecule has 4 nitrogen and oxygen atoms in total. The van der Waals surface area contributed by atoms with E-state index in [2.05, 4.69) is 6.07 Å². The molecule has 2 aromatic carbocycles. The van der Waals surface area contributed by atoms with Gasteiger partial charge in [0, 0.05) is 6.07 Å². The Morgan fingerprint density at radius 2 is 1.87 bits per heavy atom. The van der Waals surface area contributed by atoms with Crippen LogP contribution in [0.4, 0.5) is 5.69 Å². The summed E-state index contributed by atoms with van der Waals surface area (Å²) in [5.74, 6) is 1.20. The molecule has 0 aliphatic heterocycles. The number of hydrogen-bond donors (Lipinski definition) is 1. The highest BCUT2D eigenvalue weighted by Crippen LogP contribution is 2.32. The number of aromatic nitrogens is 1. The molecule has 0 unspecified atom stereocenters. The third-order valence-electron chi connectivity index (χ3n) is 3.58. The van der Waals surface area contributed by atoms with Gasteiger partial charge in [0.2, 0.25) is 5.88 Å². The maximum atomic E-state index is 9.36. The zero-order valence-electron chi connectivity index (χ0n) is 12.9. The maximum absolute atomic E-state index is 9.36. The molecule has 1 aromatic heterocycles. The van der Waals surface area contributed by atoms with Crippen LogP contribution in [0.1, 0.15) is 16.8 Å².